The Morgan fingerprint density at radius 3 is 2.52 bits per heavy atom. The Morgan fingerprint density at radius 2 is 1.81 bits per heavy atom. The van der Waals surface area contributed by atoms with Crippen LogP contribution in [0.2, 0.25) is 0 Å². The predicted molar refractivity (Wildman–Crippen MR) is 101 cm³/mol. The van der Waals surface area contributed by atoms with Gasteiger partial charge in [0, 0.05) is 49.9 Å². The summed E-state index contributed by atoms with van der Waals surface area (Å²) < 4.78 is 30.1. The molecule has 2 atom stereocenters. The monoisotopic (exact) mass is 383 g/mol. The lowest BCUT2D eigenvalue weighted by atomic mass is 9.97. The molecule has 27 heavy (non-hydrogen) atoms. The lowest BCUT2D eigenvalue weighted by Gasteiger charge is -2.39. The zero-order valence-corrected chi connectivity index (χ0v) is 15.7. The van der Waals surface area contributed by atoms with Gasteiger partial charge in [-0.3, -0.25) is 4.98 Å². The van der Waals surface area contributed by atoms with E-state index in [1.165, 1.54) is 4.31 Å². The van der Waals surface area contributed by atoms with Crippen LogP contribution in [0.25, 0.3) is 0 Å². The second-order valence-corrected chi connectivity index (χ2v) is 8.63. The van der Waals surface area contributed by atoms with E-state index in [-0.39, 0.29) is 11.4 Å². The summed E-state index contributed by atoms with van der Waals surface area (Å²) in [5.41, 5.74) is 2.26. The Kier molecular flexibility index (Phi) is 4.59. The van der Waals surface area contributed by atoms with Crippen molar-refractivity contribution in [3.8, 4) is 0 Å². The lowest BCUT2D eigenvalue weighted by Crippen LogP contribution is -2.48. The highest BCUT2D eigenvalue weighted by atomic mass is 32.2. The number of pyridine rings is 1. The molecule has 6 nitrogen and oxygen atoms in total. The van der Waals surface area contributed by atoms with Gasteiger partial charge in [-0.15, -0.1) is 0 Å². The highest BCUT2D eigenvalue weighted by Crippen LogP contribution is 2.38. The second-order valence-electron chi connectivity index (χ2n) is 6.77. The summed E-state index contributed by atoms with van der Waals surface area (Å²) in [7, 11) is -1.82. The van der Waals surface area contributed by atoms with E-state index in [1.54, 1.807) is 48.8 Å². The van der Waals surface area contributed by atoms with E-state index < -0.39 is 22.2 Å². The normalized spacial score (nSPS) is 21.7. The summed E-state index contributed by atoms with van der Waals surface area (Å²) in [6.45, 7) is 0.186. The summed E-state index contributed by atoms with van der Waals surface area (Å²) in [5, 5.41) is 11.1. The van der Waals surface area contributed by atoms with Crippen LogP contribution in [0.5, 0.6) is 0 Å². The van der Waals surface area contributed by atoms with E-state index in [1.807, 2.05) is 29.9 Å². The fourth-order valence-electron chi connectivity index (χ4n) is 3.64. The van der Waals surface area contributed by atoms with Crippen molar-refractivity contribution in [2.75, 3.05) is 0 Å². The minimum Gasteiger partial charge on any atom is -0.387 e. The summed E-state index contributed by atoms with van der Waals surface area (Å²) in [6, 6.07) is 13.6. The van der Waals surface area contributed by atoms with Crippen LogP contribution in [-0.2, 0) is 30.0 Å². The number of aliphatic hydroxyl groups excluding tert-OH is 1. The molecule has 0 spiro atoms. The standard InChI is InChI=1S/C20H21N3O3S/c1-22-12-4-5-16(22)13-18-20(24)17-6-2-3-7-19(17)27(25,26)23(18)14-15-8-10-21-11-9-15/h2-12,18,20,24H,13-14H2,1H3/t18-,20-/m0/s1. The number of nitrogens with zero attached hydrogens (tertiary/aromatic N) is 3. The Bertz CT molecular complexity index is 1050. The SMILES string of the molecule is Cn1cccc1C[C@H]1[C@@H](O)c2ccccc2S(=O)(=O)N1Cc1ccncc1. The van der Waals surface area contributed by atoms with Crippen molar-refractivity contribution in [3.05, 3.63) is 83.9 Å². The summed E-state index contributed by atoms with van der Waals surface area (Å²) >= 11 is 0. The van der Waals surface area contributed by atoms with E-state index in [4.69, 9.17) is 0 Å². The summed E-state index contributed by atoms with van der Waals surface area (Å²) in [4.78, 5) is 4.17. The molecule has 2 aromatic heterocycles. The molecular weight excluding hydrogens is 362 g/mol. The molecule has 4 rings (SSSR count). The fraction of sp³-hybridized carbons (Fsp3) is 0.250. The third-order valence-corrected chi connectivity index (χ3v) is 7.06. The first-order valence-electron chi connectivity index (χ1n) is 8.76. The summed E-state index contributed by atoms with van der Waals surface area (Å²) in [5.74, 6) is 0. The highest BCUT2D eigenvalue weighted by molar-refractivity contribution is 7.89. The number of hydrogen-bond acceptors (Lipinski definition) is 4. The van der Waals surface area contributed by atoms with Gasteiger partial charge in [0.1, 0.15) is 0 Å². The number of hydrogen-bond donors (Lipinski definition) is 1. The zero-order valence-electron chi connectivity index (χ0n) is 14.9. The van der Waals surface area contributed by atoms with Crippen molar-refractivity contribution in [1.29, 1.82) is 0 Å². The minimum absolute atomic E-state index is 0.176. The molecule has 0 bridgehead atoms. The molecule has 0 fully saturated rings. The molecule has 1 aromatic carbocycles. The van der Waals surface area contributed by atoms with E-state index in [0.29, 0.717) is 12.0 Å². The highest BCUT2D eigenvalue weighted by Gasteiger charge is 2.43. The molecule has 1 aliphatic heterocycles. The second kappa shape index (κ2) is 6.92. The quantitative estimate of drug-likeness (QED) is 0.750. The van der Waals surface area contributed by atoms with E-state index in [0.717, 1.165) is 11.3 Å². The maximum absolute atomic E-state index is 13.4. The van der Waals surface area contributed by atoms with Gasteiger partial charge in [-0.25, -0.2) is 8.42 Å². The predicted octanol–water partition coefficient (Wildman–Crippen LogP) is 2.27. The molecule has 0 aliphatic carbocycles. The van der Waals surface area contributed by atoms with Crippen molar-refractivity contribution >= 4 is 10.0 Å². The van der Waals surface area contributed by atoms with Gasteiger partial charge in [0.05, 0.1) is 17.0 Å². The third-order valence-electron chi connectivity index (χ3n) is 5.12. The lowest BCUT2D eigenvalue weighted by molar-refractivity contribution is 0.0761. The fourth-order valence-corrected chi connectivity index (χ4v) is 5.49. The largest absolute Gasteiger partial charge is 0.387 e. The number of aryl methyl sites for hydroxylation is 1. The molecule has 0 unspecified atom stereocenters. The van der Waals surface area contributed by atoms with Crippen LogP contribution < -0.4 is 0 Å². The van der Waals surface area contributed by atoms with Crippen LogP contribution in [0.4, 0.5) is 0 Å². The molecule has 1 N–H and O–H groups in total. The number of benzene rings is 1. The number of aromatic nitrogens is 2. The van der Waals surface area contributed by atoms with Crippen LogP contribution in [0.15, 0.2) is 72.0 Å². The number of sulfonamides is 1. The number of fused-ring (bicyclic) bond motifs is 1. The first kappa shape index (κ1) is 17.9. The molecule has 0 saturated heterocycles. The van der Waals surface area contributed by atoms with Gasteiger partial charge in [-0.1, -0.05) is 18.2 Å². The molecule has 0 radical (unpaired) electrons. The van der Waals surface area contributed by atoms with Gasteiger partial charge in [-0.2, -0.15) is 4.31 Å². The first-order valence-corrected chi connectivity index (χ1v) is 10.2. The Labute approximate surface area is 158 Å². The van der Waals surface area contributed by atoms with E-state index >= 15 is 0 Å². The molecule has 3 heterocycles. The van der Waals surface area contributed by atoms with Gasteiger partial charge >= 0.3 is 0 Å². The van der Waals surface area contributed by atoms with Gasteiger partial charge in [-0.05, 0) is 35.9 Å². The van der Waals surface area contributed by atoms with Crippen molar-refractivity contribution in [3.63, 3.8) is 0 Å². The van der Waals surface area contributed by atoms with Crippen LogP contribution >= 0.6 is 0 Å². The first-order chi connectivity index (χ1) is 13.0. The molecule has 0 saturated carbocycles. The van der Waals surface area contributed by atoms with Crippen LogP contribution in [0, 0.1) is 0 Å². The van der Waals surface area contributed by atoms with Gasteiger partial charge in [0.15, 0.2) is 0 Å². The molecular formula is C20H21N3O3S. The molecule has 0 amide bonds. The van der Waals surface area contributed by atoms with E-state index in [2.05, 4.69) is 4.98 Å². The van der Waals surface area contributed by atoms with Crippen molar-refractivity contribution in [2.45, 2.75) is 30.0 Å². The molecule has 1 aliphatic rings. The topological polar surface area (TPSA) is 75.4 Å². The van der Waals surface area contributed by atoms with Crippen LogP contribution in [0.3, 0.4) is 0 Å². The van der Waals surface area contributed by atoms with Crippen LogP contribution in [-0.4, -0.2) is 33.4 Å². The van der Waals surface area contributed by atoms with Gasteiger partial charge in [0.2, 0.25) is 10.0 Å². The summed E-state index contributed by atoms with van der Waals surface area (Å²) in [6.07, 6.45) is 4.72. The maximum Gasteiger partial charge on any atom is 0.244 e. The van der Waals surface area contributed by atoms with Crippen molar-refractivity contribution < 1.29 is 13.5 Å². The average molecular weight is 383 g/mol. The molecule has 7 heteroatoms. The van der Waals surface area contributed by atoms with Crippen molar-refractivity contribution in [1.82, 2.24) is 13.9 Å². The molecule has 140 valence electrons. The van der Waals surface area contributed by atoms with E-state index in [9.17, 15) is 13.5 Å². The molecule has 3 aromatic rings. The average Bonchev–Trinajstić information content (AvgIpc) is 3.08. The maximum atomic E-state index is 13.4. The Balaban J connectivity index is 1.81. The third kappa shape index (κ3) is 3.18. The van der Waals surface area contributed by atoms with Crippen LogP contribution in [0.1, 0.15) is 22.9 Å². The minimum atomic E-state index is -3.74. The zero-order chi connectivity index (χ0) is 19.0. The smallest absolute Gasteiger partial charge is 0.244 e. The Hall–Kier alpha value is -2.48. The van der Waals surface area contributed by atoms with Gasteiger partial charge in [0.25, 0.3) is 0 Å². The van der Waals surface area contributed by atoms with Gasteiger partial charge < -0.3 is 9.67 Å². The van der Waals surface area contributed by atoms with Crippen molar-refractivity contribution in [2.24, 2.45) is 7.05 Å². The number of aliphatic hydroxyl groups is 1. The number of rotatable bonds is 4. The Morgan fingerprint density at radius 1 is 1.07 bits per heavy atom.